The summed E-state index contributed by atoms with van der Waals surface area (Å²) in [5.41, 5.74) is 11.9. The van der Waals surface area contributed by atoms with Crippen LogP contribution in [-0.2, 0) is 0 Å². The molecule has 1 aromatic carbocycles. The van der Waals surface area contributed by atoms with Crippen LogP contribution in [0.4, 0.5) is 0 Å². The molecule has 2 N–H and O–H groups in total. The number of aromatic nitrogens is 2. The fourth-order valence-corrected chi connectivity index (χ4v) is 2.58. The van der Waals surface area contributed by atoms with Crippen molar-refractivity contribution in [2.45, 2.75) is 20.8 Å². The third kappa shape index (κ3) is 2.18. The van der Waals surface area contributed by atoms with E-state index in [4.69, 9.17) is 5.73 Å². The highest BCUT2D eigenvalue weighted by Crippen LogP contribution is 2.27. The van der Waals surface area contributed by atoms with E-state index in [0.29, 0.717) is 5.56 Å². The lowest BCUT2D eigenvalue weighted by atomic mass is 9.96. The quantitative estimate of drug-likeness (QED) is 0.783. The van der Waals surface area contributed by atoms with E-state index in [2.05, 4.69) is 4.98 Å². The number of carbonyl (C=O) groups excluding carboxylic acids is 1. The molecule has 2 heterocycles. The first-order valence-electron chi connectivity index (χ1n) is 6.83. The van der Waals surface area contributed by atoms with Gasteiger partial charge in [0.25, 0.3) is 0 Å². The second-order valence-corrected chi connectivity index (χ2v) is 5.37. The summed E-state index contributed by atoms with van der Waals surface area (Å²) in [5.74, 6) is -0.396. The van der Waals surface area contributed by atoms with Gasteiger partial charge in [-0.25, -0.2) is 4.98 Å². The van der Waals surface area contributed by atoms with Gasteiger partial charge in [0, 0.05) is 23.5 Å². The maximum atomic E-state index is 11.4. The Morgan fingerprint density at radius 1 is 1.14 bits per heavy atom. The number of hydrogen-bond donors (Lipinski definition) is 1. The molecule has 3 aromatic rings. The molecule has 106 valence electrons. The molecule has 0 unspecified atom stereocenters. The van der Waals surface area contributed by atoms with Crippen LogP contribution in [0, 0.1) is 20.8 Å². The molecule has 0 radical (unpaired) electrons. The predicted octanol–water partition coefficient (Wildman–Crippen LogP) is 3.03. The maximum Gasteiger partial charge on any atom is 0.248 e. The van der Waals surface area contributed by atoms with Crippen LogP contribution in [0.3, 0.4) is 0 Å². The Bertz CT molecular complexity index is 862. The molecule has 2 aromatic heterocycles. The molecule has 0 aliphatic heterocycles. The van der Waals surface area contributed by atoms with E-state index in [-0.39, 0.29) is 0 Å². The lowest BCUT2D eigenvalue weighted by molar-refractivity contribution is 0.0999. The molecule has 0 saturated heterocycles. The van der Waals surface area contributed by atoms with E-state index in [1.165, 1.54) is 5.56 Å². The first kappa shape index (κ1) is 13.4. The van der Waals surface area contributed by atoms with Crippen molar-refractivity contribution in [1.82, 2.24) is 9.38 Å². The Morgan fingerprint density at radius 2 is 1.90 bits per heavy atom. The average Bonchev–Trinajstić information content (AvgIpc) is 2.83. The van der Waals surface area contributed by atoms with Crippen LogP contribution < -0.4 is 5.73 Å². The molecule has 0 spiro atoms. The molecular formula is C17H17N3O. The Balaban J connectivity index is 2.18. The smallest absolute Gasteiger partial charge is 0.248 e. The summed E-state index contributed by atoms with van der Waals surface area (Å²) < 4.78 is 2.00. The molecule has 0 bridgehead atoms. The highest BCUT2D eigenvalue weighted by atomic mass is 16.1. The van der Waals surface area contributed by atoms with Crippen LogP contribution in [-0.4, -0.2) is 15.3 Å². The molecule has 21 heavy (non-hydrogen) atoms. The van der Waals surface area contributed by atoms with Gasteiger partial charge in [-0.2, -0.15) is 0 Å². The van der Waals surface area contributed by atoms with E-state index in [1.807, 2.05) is 55.8 Å². The minimum Gasteiger partial charge on any atom is -0.366 e. The van der Waals surface area contributed by atoms with E-state index in [9.17, 15) is 4.79 Å². The highest BCUT2D eigenvalue weighted by Gasteiger charge is 2.13. The van der Waals surface area contributed by atoms with Crippen LogP contribution in [0.25, 0.3) is 16.9 Å². The largest absolute Gasteiger partial charge is 0.366 e. The number of pyridine rings is 1. The molecule has 4 nitrogen and oxygen atoms in total. The summed E-state index contributed by atoms with van der Waals surface area (Å²) in [5, 5.41) is 0. The van der Waals surface area contributed by atoms with Crippen molar-refractivity contribution in [3.63, 3.8) is 0 Å². The van der Waals surface area contributed by atoms with Gasteiger partial charge < -0.3 is 10.1 Å². The van der Waals surface area contributed by atoms with Crippen molar-refractivity contribution < 1.29 is 4.79 Å². The number of hydrogen-bond acceptors (Lipinski definition) is 2. The van der Waals surface area contributed by atoms with E-state index >= 15 is 0 Å². The van der Waals surface area contributed by atoms with Crippen molar-refractivity contribution in [2.75, 3.05) is 0 Å². The lowest BCUT2D eigenvalue weighted by Crippen LogP contribution is -2.13. The zero-order chi connectivity index (χ0) is 15.1. The van der Waals surface area contributed by atoms with Crippen LogP contribution in [0.15, 0.2) is 36.7 Å². The second kappa shape index (κ2) is 4.74. The number of rotatable bonds is 2. The summed E-state index contributed by atoms with van der Waals surface area (Å²) in [4.78, 5) is 16.1. The number of nitrogens with zero attached hydrogens (tertiary/aromatic N) is 2. The molecule has 0 atom stereocenters. The van der Waals surface area contributed by atoms with Crippen molar-refractivity contribution in [3.8, 4) is 11.3 Å². The monoisotopic (exact) mass is 279 g/mol. The molecule has 0 fully saturated rings. The van der Waals surface area contributed by atoms with Crippen molar-refractivity contribution in [1.29, 1.82) is 0 Å². The van der Waals surface area contributed by atoms with E-state index < -0.39 is 5.91 Å². The summed E-state index contributed by atoms with van der Waals surface area (Å²) in [6, 6.07) is 7.78. The van der Waals surface area contributed by atoms with Crippen molar-refractivity contribution in [2.24, 2.45) is 5.73 Å². The molecule has 0 saturated carbocycles. The Labute approximate surface area is 123 Å². The van der Waals surface area contributed by atoms with Crippen LogP contribution >= 0.6 is 0 Å². The van der Waals surface area contributed by atoms with Crippen LogP contribution in [0.2, 0.25) is 0 Å². The normalized spacial score (nSPS) is 11.0. The van der Waals surface area contributed by atoms with Gasteiger partial charge in [-0.15, -0.1) is 0 Å². The minimum atomic E-state index is -0.396. The van der Waals surface area contributed by atoms with Gasteiger partial charge in [-0.3, -0.25) is 4.79 Å². The molecule has 4 heteroatoms. The maximum absolute atomic E-state index is 11.4. The fourth-order valence-electron chi connectivity index (χ4n) is 2.58. The van der Waals surface area contributed by atoms with Crippen molar-refractivity contribution in [3.05, 3.63) is 58.9 Å². The number of imidazole rings is 1. The highest BCUT2D eigenvalue weighted by molar-refractivity contribution is 5.95. The van der Waals surface area contributed by atoms with Gasteiger partial charge in [0.1, 0.15) is 5.65 Å². The topological polar surface area (TPSA) is 60.4 Å². The summed E-state index contributed by atoms with van der Waals surface area (Å²) in [7, 11) is 0. The van der Waals surface area contributed by atoms with Crippen molar-refractivity contribution >= 4 is 11.6 Å². The number of benzene rings is 1. The first-order valence-corrected chi connectivity index (χ1v) is 6.83. The Hall–Kier alpha value is -2.62. The summed E-state index contributed by atoms with van der Waals surface area (Å²) in [6.45, 7) is 5.96. The molecule has 1 amide bonds. The van der Waals surface area contributed by atoms with Gasteiger partial charge in [0.15, 0.2) is 0 Å². The molecule has 0 aliphatic rings. The average molecular weight is 279 g/mol. The summed E-state index contributed by atoms with van der Waals surface area (Å²) >= 11 is 0. The Kier molecular flexibility index (Phi) is 3.01. The number of nitrogens with two attached hydrogens (primary N) is 1. The third-order valence-corrected chi connectivity index (χ3v) is 3.94. The van der Waals surface area contributed by atoms with E-state index in [0.717, 1.165) is 28.0 Å². The van der Waals surface area contributed by atoms with Gasteiger partial charge >= 0.3 is 0 Å². The second-order valence-electron chi connectivity index (χ2n) is 5.37. The zero-order valence-electron chi connectivity index (χ0n) is 12.3. The van der Waals surface area contributed by atoms with E-state index in [1.54, 1.807) is 6.07 Å². The lowest BCUT2D eigenvalue weighted by Gasteiger charge is -2.09. The van der Waals surface area contributed by atoms with Gasteiger partial charge in [0.05, 0.1) is 5.69 Å². The zero-order valence-corrected chi connectivity index (χ0v) is 12.3. The number of primary amides is 1. The molecule has 0 aliphatic carbocycles. The predicted molar refractivity (Wildman–Crippen MR) is 83.4 cm³/mol. The van der Waals surface area contributed by atoms with Crippen LogP contribution in [0.5, 0.6) is 0 Å². The van der Waals surface area contributed by atoms with Crippen LogP contribution in [0.1, 0.15) is 27.0 Å². The number of amides is 1. The standard InChI is InChI=1S/C17H17N3O/c1-10-6-7-20-9-15(19-16(20)8-10)13-4-5-14(17(18)21)12(3)11(13)2/h4-9H,1-3H3,(H2,18,21). The number of fused-ring (bicyclic) bond motifs is 1. The van der Waals surface area contributed by atoms with Gasteiger partial charge in [-0.1, -0.05) is 6.07 Å². The fraction of sp³-hybridized carbons (Fsp3) is 0.176. The minimum absolute atomic E-state index is 0.396. The molecule has 3 rings (SSSR count). The number of carbonyl (C=O) groups is 1. The van der Waals surface area contributed by atoms with Gasteiger partial charge in [0.2, 0.25) is 5.91 Å². The Morgan fingerprint density at radius 3 is 2.62 bits per heavy atom. The molecular weight excluding hydrogens is 262 g/mol. The summed E-state index contributed by atoms with van der Waals surface area (Å²) in [6.07, 6.45) is 4.00. The number of aryl methyl sites for hydroxylation is 1. The van der Waals surface area contributed by atoms with Gasteiger partial charge in [-0.05, 0) is 55.7 Å². The first-order chi connectivity index (χ1) is 9.97. The SMILES string of the molecule is Cc1ccn2cc(-c3ccc(C(N)=O)c(C)c3C)nc2c1. The third-order valence-electron chi connectivity index (χ3n) is 3.94.